The topological polar surface area (TPSA) is 54.5 Å². The Morgan fingerprint density at radius 1 is 1.26 bits per heavy atom. The molecule has 0 radical (unpaired) electrons. The first-order valence-corrected chi connectivity index (χ1v) is 8.34. The van der Waals surface area contributed by atoms with E-state index in [1.54, 1.807) is 0 Å². The zero-order valence-electron chi connectivity index (χ0n) is 13.1. The first-order valence-electron chi connectivity index (χ1n) is 8.34. The quantitative estimate of drug-likeness (QED) is 0.947. The van der Waals surface area contributed by atoms with Crippen molar-refractivity contribution in [2.24, 2.45) is 5.92 Å². The highest BCUT2D eigenvalue weighted by atomic mass is 16.5. The number of carbonyl (C=O) groups is 1. The maximum Gasteiger partial charge on any atom is 0.229 e. The Morgan fingerprint density at radius 2 is 2.13 bits per heavy atom. The first kappa shape index (κ1) is 14.5. The molecule has 1 atom stereocenters. The van der Waals surface area contributed by atoms with Crippen molar-refractivity contribution >= 4 is 28.2 Å². The highest BCUT2D eigenvalue weighted by Gasteiger charge is 2.24. The molecule has 0 spiro atoms. The molecule has 3 heterocycles. The summed E-state index contributed by atoms with van der Waals surface area (Å²) in [5.41, 5.74) is 2.98. The van der Waals surface area contributed by atoms with E-state index >= 15 is 0 Å². The van der Waals surface area contributed by atoms with Gasteiger partial charge in [0.1, 0.15) is 0 Å². The van der Waals surface area contributed by atoms with Gasteiger partial charge in [-0.15, -0.1) is 0 Å². The fourth-order valence-electron chi connectivity index (χ4n) is 3.46. The summed E-state index contributed by atoms with van der Waals surface area (Å²) in [6.45, 7) is 3.36. The van der Waals surface area contributed by atoms with Crippen molar-refractivity contribution in [1.29, 1.82) is 0 Å². The molecule has 120 valence electrons. The van der Waals surface area contributed by atoms with Crippen LogP contribution in [0.15, 0.2) is 30.5 Å². The van der Waals surface area contributed by atoms with Crippen LogP contribution in [0.25, 0.3) is 10.9 Å². The van der Waals surface area contributed by atoms with E-state index in [1.165, 1.54) is 18.5 Å². The minimum Gasteiger partial charge on any atom is -0.381 e. The molecule has 2 fully saturated rings. The van der Waals surface area contributed by atoms with Crippen LogP contribution in [0.2, 0.25) is 0 Å². The summed E-state index contributed by atoms with van der Waals surface area (Å²) in [4.78, 5) is 19.3. The van der Waals surface area contributed by atoms with Crippen LogP contribution in [0.4, 0.5) is 11.4 Å². The van der Waals surface area contributed by atoms with Crippen molar-refractivity contribution in [1.82, 2.24) is 4.98 Å². The molecular formula is C18H21N3O2. The van der Waals surface area contributed by atoms with Crippen molar-refractivity contribution in [3.63, 3.8) is 0 Å². The average Bonchev–Trinajstić information content (AvgIpc) is 3.29. The Hall–Kier alpha value is -2.14. The SMILES string of the molecule is O=C(Nc1ccc(N2CCCC2)c2ncccc12)C1CCOC1. The van der Waals surface area contributed by atoms with E-state index in [0.717, 1.165) is 36.1 Å². The molecule has 0 aliphatic carbocycles. The zero-order chi connectivity index (χ0) is 15.6. The Kier molecular flexibility index (Phi) is 3.87. The van der Waals surface area contributed by atoms with Crippen molar-refractivity contribution in [3.05, 3.63) is 30.5 Å². The molecule has 2 aliphatic heterocycles. The Labute approximate surface area is 135 Å². The number of nitrogens with one attached hydrogen (secondary N) is 1. The zero-order valence-corrected chi connectivity index (χ0v) is 13.1. The number of carbonyl (C=O) groups excluding carboxylic acids is 1. The summed E-state index contributed by atoms with van der Waals surface area (Å²) >= 11 is 0. The molecule has 1 unspecified atom stereocenters. The third-order valence-electron chi connectivity index (χ3n) is 4.75. The normalized spacial score (nSPS) is 21.0. The lowest BCUT2D eigenvalue weighted by Gasteiger charge is -2.20. The molecule has 0 bridgehead atoms. The number of aromatic nitrogens is 1. The summed E-state index contributed by atoms with van der Waals surface area (Å²) < 4.78 is 5.31. The van der Waals surface area contributed by atoms with Crippen LogP contribution in [-0.2, 0) is 9.53 Å². The molecule has 1 N–H and O–H groups in total. The van der Waals surface area contributed by atoms with Gasteiger partial charge in [-0.2, -0.15) is 0 Å². The largest absolute Gasteiger partial charge is 0.381 e. The van der Waals surface area contributed by atoms with Crippen LogP contribution in [-0.4, -0.2) is 37.2 Å². The summed E-state index contributed by atoms with van der Waals surface area (Å²) in [7, 11) is 0. The van der Waals surface area contributed by atoms with E-state index in [9.17, 15) is 4.79 Å². The molecule has 2 saturated heterocycles. The smallest absolute Gasteiger partial charge is 0.229 e. The predicted octanol–water partition coefficient (Wildman–Crippen LogP) is 2.81. The van der Waals surface area contributed by atoms with Crippen molar-refractivity contribution in [2.75, 3.05) is 36.5 Å². The molecule has 2 aromatic rings. The fourth-order valence-corrected chi connectivity index (χ4v) is 3.46. The van der Waals surface area contributed by atoms with Gasteiger partial charge in [0.15, 0.2) is 0 Å². The highest BCUT2D eigenvalue weighted by molar-refractivity contribution is 6.05. The van der Waals surface area contributed by atoms with Crippen molar-refractivity contribution in [3.8, 4) is 0 Å². The summed E-state index contributed by atoms with van der Waals surface area (Å²) in [5.74, 6) is 0.00144. The van der Waals surface area contributed by atoms with E-state index < -0.39 is 0 Å². The van der Waals surface area contributed by atoms with Gasteiger partial charge in [0.25, 0.3) is 0 Å². The lowest BCUT2D eigenvalue weighted by molar-refractivity contribution is -0.119. The molecule has 1 aromatic heterocycles. The van der Waals surface area contributed by atoms with E-state index in [2.05, 4.69) is 21.3 Å². The summed E-state index contributed by atoms with van der Waals surface area (Å²) in [5, 5.41) is 4.07. The second-order valence-corrected chi connectivity index (χ2v) is 6.28. The third-order valence-corrected chi connectivity index (χ3v) is 4.75. The summed E-state index contributed by atoms with van der Waals surface area (Å²) in [6, 6.07) is 8.04. The number of nitrogens with zero attached hydrogens (tertiary/aromatic N) is 2. The van der Waals surface area contributed by atoms with Gasteiger partial charge in [-0.05, 0) is 43.5 Å². The molecule has 23 heavy (non-hydrogen) atoms. The highest BCUT2D eigenvalue weighted by Crippen LogP contribution is 2.33. The molecule has 2 aliphatic rings. The van der Waals surface area contributed by atoms with Gasteiger partial charge >= 0.3 is 0 Å². The molecular weight excluding hydrogens is 290 g/mol. The fraction of sp³-hybridized carbons (Fsp3) is 0.444. The maximum absolute atomic E-state index is 12.4. The van der Waals surface area contributed by atoms with E-state index in [4.69, 9.17) is 4.74 Å². The van der Waals surface area contributed by atoms with Gasteiger partial charge in [0, 0.05) is 31.3 Å². The molecule has 1 amide bonds. The van der Waals surface area contributed by atoms with Gasteiger partial charge in [-0.3, -0.25) is 9.78 Å². The number of pyridine rings is 1. The van der Waals surface area contributed by atoms with E-state index in [-0.39, 0.29) is 11.8 Å². The number of ether oxygens (including phenoxy) is 1. The van der Waals surface area contributed by atoms with Crippen molar-refractivity contribution < 1.29 is 9.53 Å². The Morgan fingerprint density at radius 3 is 2.91 bits per heavy atom. The Balaban J connectivity index is 1.67. The number of amides is 1. The first-order chi connectivity index (χ1) is 11.3. The number of hydrogen-bond donors (Lipinski definition) is 1. The number of rotatable bonds is 3. The minimum atomic E-state index is -0.0417. The number of benzene rings is 1. The molecule has 4 rings (SSSR count). The van der Waals surface area contributed by atoms with Crippen LogP contribution in [0.3, 0.4) is 0 Å². The minimum absolute atomic E-state index is 0.0417. The standard InChI is InChI=1S/C18H21N3O2/c22-18(13-7-11-23-12-13)20-15-5-6-16(21-9-1-2-10-21)17-14(15)4-3-8-19-17/h3-6,8,13H,1-2,7,9-12H2,(H,20,22). The van der Waals surface area contributed by atoms with Gasteiger partial charge in [-0.1, -0.05) is 0 Å². The number of anilines is 2. The monoisotopic (exact) mass is 311 g/mol. The maximum atomic E-state index is 12.4. The van der Waals surface area contributed by atoms with Gasteiger partial charge in [-0.25, -0.2) is 0 Å². The Bertz CT molecular complexity index is 719. The second-order valence-electron chi connectivity index (χ2n) is 6.28. The second kappa shape index (κ2) is 6.16. The van der Waals surface area contributed by atoms with Gasteiger partial charge in [0.05, 0.1) is 29.4 Å². The lowest BCUT2D eigenvalue weighted by Crippen LogP contribution is -2.23. The lowest BCUT2D eigenvalue weighted by atomic mass is 10.1. The van der Waals surface area contributed by atoms with Gasteiger partial charge in [0.2, 0.25) is 5.91 Å². The van der Waals surface area contributed by atoms with Crippen molar-refractivity contribution in [2.45, 2.75) is 19.3 Å². The predicted molar refractivity (Wildman–Crippen MR) is 90.7 cm³/mol. The number of fused-ring (bicyclic) bond motifs is 1. The van der Waals surface area contributed by atoms with Crippen LogP contribution >= 0.6 is 0 Å². The van der Waals surface area contributed by atoms with Crippen LogP contribution in [0, 0.1) is 5.92 Å². The van der Waals surface area contributed by atoms with E-state index in [0.29, 0.717) is 13.2 Å². The van der Waals surface area contributed by atoms with Gasteiger partial charge < -0.3 is 15.0 Å². The molecule has 5 nitrogen and oxygen atoms in total. The average molecular weight is 311 g/mol. The molecule has 1 aromatic carbocycles. The molecule has 5 heteroatoms. The summed E-state index contributed by atoms with van der Waals surface area (Å²) in [6.07, 6.45) is 5.08. The van der Waals surface area contributed by atoms with Crippen LogP contribution < -0.4 is 10.2 Å². The third kappa shape index (κ3) is 2.77. The van der Waals surface area contributed by atoms with Crippen LogP contribution in [0.5, 0.6) is 0 Å². The van der Waals surface area contributed by atoms with E-state index in [1.807, 2.05) is 24.4 Å². The molecule has 0 saturated carbocycles. The van der Waals surface area contributed by atoms with Crippen LogP contribution in [0.1, 0.15) is 19.3 Å². The number of hydrogen-bond acceptors (Lipinski definition) is 4.